The molecule has 1 heterocycles. The van der Waals surface area contributed by atoms with Crippen LogP contribution in [0, 0.1) is 0 Å². The summed E-state index contributed by atoms with van der Waals surface area (Å²) in [5.41, 5.74) is 2.53. The molecule has 0 bridgehead atoms. The first-order chi connectivity index (χ1) is 11.1. The van der Waals surface area contributed by atoms with E-state index in [-0.39, 0.29) is 5.91 Å². The van der Waals surface area contributed by atoms with Crippen molar-refractivity contribution in [2.24, 2.45) is 0 Å². The van der Waals surface area contributed by atoms with Gasteiger partial charge in [-0.2, -0.15) is 0 Å². The summed E-state index contributed by atoms with van der Waals surface area (Å²) in [5, 5.41) is 3.71. The van der Waals surface area contributed by atoms with E-state index in [1.165, 1.54) is 0 Å². The highest BCUT2D eigenvalue weighted by Gasteiger charge is 2.14. The van der Waals surface area contributed by atoms with Gasteiger partial charge in [-0.25, -0.2) is 0 Å². The Balaban J connectivity index is 1.94. The van der Waals surface area contributed by atoms with Crippen LogP contribution in [0.1, 0.15) is 10.4 Å². The number of hydrogen-bond donors (Lipinski definition) is 1. The van der Waals surface area contributed by atoms with Gasteiger partial charge in [-0.15, -0.1) is 0 Å². The van der Waals surface area contributed by atoms with Crippen molar-refractivity contribution in [3.05, 3.63) is 82.5 Å². The highest BCUT2D eigenvalue weighted by molar-refractivity contribution is 6.36. The van der Waals surface area contributed by atoms with Crippen LogP contribution in [-0.4, -0.2) is 10.9 Å². The van der Waals surface area contributed by atoms with Gasteiger partial charge in [0.15, 0.2) is 0 Å². The molecular weight excluding hydrogens is 331 g/mol. The number of nitrogens with zero attached hydrogens (tertiary/aromatic N) is 1. The fraction of sp³-hybridized carbons (Fsp3) is 0. The van der Waals surface area contributed by atoms with Gasteiger partial charge in [-0.1, -0.05) is 47.5 Å². The molecule has 0 unspecified atom stereocenters. The number of carbonyl (C=O) groups is 1. The van der Waals surface area contributed by atoms with Crippen LogP contribution in [0.3, 0.4) is 0 Å². The van der Waals surface area contributed by atoms with Crippen LogP contribution < -0.4 is 5.32 Å². The number of aromatic nitrogens is 1. The summed E-state index contributed by atoms with van der Waals surface area (Å²) in [6.07, 6.45) is 1.69. The van der Waals surface area contributed by atoms with Crippen molar-refractivity contribution in [2.45, 2.75) is 0 Å². The van der Waals surface area contributed by atoms with Gasteiger partial charge in [-0.3, -0.25) is 9.78 Å². The third-order valence-corrected chi connectivity index (χ3v) is 3.84. The van der Waals surface area contributed by atoms with Crippen molar-refractivity contribution in [1.29, 1.82) is 0 Å². The molecule has 0 fully saturated rings. The molecule has 0 atom stereocenters. The minimum atomic E-state index is -0.254. The third kappa shape index (κ3) is 3.52. The average Bonchev–Trinajstić information content (AvgIpc) is 2.58. The molecule has 0 aliphatic heterocycles. The van der Waals surface area contributed by atoms with Crippen molar-refractivity contribution in [2.75, 3.05) is 5.32 Å². The van der Waals surface area contributed by atoms with Crippen molar-refractivity contribution in [3.63, 3.8) is 0 Å². The van der Waals surface area contributed by atoms with Gasteiger partial charge >= 0.3 is 0 Å². The van der Waals surface area contributed by atoms with Crippen LogP contribution in [0.15, 0.2) is 66.9 Å². The van der Waals surface area contributed by atoms with Crippen molar-refractivity contribution < 1.29 is 4.79 Å². The average molecular weight is 343 g/mol. The standard InChI is InChI=1S/C18H12Cl2N2O/c19-12-8-9-17(15(20)11-12)22-18(23)14-6-2-1-5-13(14)16-7-3-4-10-21-16/h1-11H,(H,22,23). The third-order valence-electron chi connectivity index (χ3n) is 3.29. The molecule has 1 N–H and O–H groups in total. The largest absolute Gasteiger partial charge is 0.321 e. The lowest BCUT2D eigenvalue weighted by Crippen LogP contribution is -2.13. The summed E-state index contributed by atoms with van der Waals surface area (Å²) in [7, 11) is 0. The number of benzene rings is 2. The summed E-state index contributed by atoms with van der Waals surface area (Å²) in [4.78, 5) is 16.9. The lowest BCUT2D eigenvalue weighted by atomic mass is 10.0. The van der Waals surface area contributed by atoms with Crippen molar-refractivity contribution in [3.8, 4) is 11.3 Å². The summed E-state index contributed by atoms with van der Waals surface area (Å²) in [6.45, 7) is 0. The number of rotatable bonds is 3. The number of amides is 1. The number of anilines is 1. The molecule has 0 radical (unpaired) electrons. The highest BCUT2D eigenvalue weighted by atomic mass is 35.5. The van der Waals surface area contributed by atoms with Crippen LogP contribution in [0.4, 0.5) is 5.69 Å². The molecule has 0 saturated heterocycles. The fourth-order valence-electron chi connectivity index (χ4n) is 2.21. The molecule has 0 saturated carbocycles. The van der Waals surface area contributed by atoms with Gasteiger partial charge in [0.2, 0.25) is 0 Å². The van der Waals surface area contributed by atoms with Gasteiger partial charge in [0.25, 0.3) is 5.91 Å². The number of nitrogens with one attached hydrogen (secondary N) is 1. The van der Waals surface area contributed by atoms with Crippen LogP contribution in [-0.2, 0) is 0 Å². The van der Waals surface area contributed by atoms with E-state index in [2.05, 4.69) is 10.3 Å². The van der Waals surface area contributed by atoms with E-state index in [9.17, 15) is 4.79 Å². The van der Waals surface area contributed by atoms with E-state index in [0.717, 1.165) is 11.3 Å². The lowest BCUT2D eigenvalue weighted by Gasteiger charge is -2.11. The normalized spacial score (nSPS) is 10.3. The lowest BCUT2D eigenvalue weighted by molar-refractivity contribution is 0.102. The quantitative estimate of drug-likeness (QED) is 0.700. The van der Waals surface area contributed by atoms with Gasteiger partial charge in [0, 0.05) is 22.3 Å². The van der Waals surface area contributed by atoms with E-state index >= 15 is 0 Å². The van der Waals surface area contributed by atoms with Crippen LogP contribution in [0.25, 0.3) is 11.3 Å². The first kappa shape index (κ1) is 15.5. The molecule has 3 aromatic rings. The van der Waals surface area contributed by atoms with Crippen LogP contribution in [0.2, 0.25) is 10.0 Å². The topological polar surface area (TPSA) is 42.0 Å². The molecule has 3 rings (SSSR count). The molecule has 2 aromatic carbocycles. The first-order valence-electron chi connectivity index (χ1n) is 6.92. The Morgan fingerprint density at radius 3 is 2.48 bits per heavy atom. The smallest absolute Gasteiger partial charge is 0.256 e. The van der Waals surface area contributed by atoms with Gasteiger partial charge in [-0.05, 0) is 36.4 Å². The number of halogens is 2. The van der Waals surface area contributed by atoms with Gasteiger partial charge in [0.05, 0.1) is 16.4 Å². The molecule has 1 amide bonds. The summed E-state index contributed by atoms with van der Waals surface area (Å²) in [6, 6.07) is 17.8. The molecule has 114 valence electrons. The van der Waals surface area contributed by atoms with Crippen molar-refractivity contribution in [1.82, 2.24) is 4.98 Å². The molecule has 0 aliphatic carbocycles. The van der Waals surface area contributed by atoms with Gasteiger partial charge < -0.3 is 5.32 Å². The Morgan fingerprint density at radius 1 is 0.957 bits per heavy atom. The summed E-state index contributed by atoms with van der Waals surface area (Å²) < 4.78 is 0. The summed E-state index contributed by atoms with van der Waals surface area (Å²) in [5.74, 6) is -0.254. The number of hydrogen-bond acceptors (Lipinski definition) is 2. The second-order valence-electron chi connectivity index (χ2n) is 4.84. The molecule has 23 heavy (non-hydrogen) atoms. The fourth-order valence-corrected chi connectivity index (χ4v) is 2.66. The first-order valence-corrected chi connectivity index (χ1v) is 7.67. The monoisotopic (exact) mass is 342 g/mol. The Morgan fingerprint density at radius 2 is 1.74 bits per heavy atom. The Kier molecular flexibility index (Phi) is 4.60. The zero-order valence-corrected chi connectivity index (χ0v) is 13.5. The minimum Gasteiger partial charge on any atom is -0.321 e. The molecule has 3 nitrogen and oxygen atoms in total. The van der Waals surface area contributed by atoms with E-state index < -0.39 is 0 Å². The number of pyridine rings is 1. The Bertz CT molecular complexity index is 851. The maximum absolute atomic E-state index is 12.6. The zero-order chi connectivity index (χ0) is 16.2. The predicted molar refractivity (Wildman–Crippen MR) is 94.1 cm³/mol. The molecule has 5 heteroatoms. The van der Waals surface area contributed by atoms with Crippen LogP contribution >= 0.6 is 23.2 Å². The molecule has 1 aromatic heterocycles. The Hall–Kier alpha value is -2.36. The molecular formula is C18H12Cl2N2O. The number of carbonyl (C=O) groups excluding carboxylic acids is 1. The van der Waals surface area contributed by atoms with E-state index in [1.54, 1.807) is 30.5 Å². The molecule has 0 spiro atoms. The molecule has 0 aliphatic rings. The van der Waals surface area contributed by atoms with E-state index in [4.69, 9.17) is 23.2 Å². The van der Waals surface area contributed by atoms with E-state index in [1.807, 2.05) is 36.4 Å². The highest BCUT2D eigenvalue weighted by Crippen LogP contribution is 2.27. The predicted octanol–water partition coefficient (Wildman–Crippen LogP) is 5.31. The Labute approximate surface area is 143 Å². The zero-order valence-electron chi connectivity index (χ0n) is 12.0. The maximum atomic E-state index is 12.6. The van der Waals surface area contributed by atoms with Gasteiger partial charge in [0.1, 0.15) is 0 Å². The second-order valence-corrected chi connectivity index (χ2v) is 5.68. The van der Waals surface area contributed by atoms with E-state index in [0.29, 0.717) is 21.3 Å². The van der Waals surface area contributed by atoms with Crippen LogP contribution in [0.5, 0.6) is 0 Å². The van der Waals surface area contributed by atoms with Crippen molar-refractivity contribution >= 4 is 34.8 Å². The second kappa shape index (κ2) is 6.82. The maximum Gasteiger partial charge on any atom is 0.256 e. The summed E-state index contributed by atoms with van der Waals surface area (Å²) >= 11 is 12.0. The SMILES string of the molecule is O=C(Nc1ccc(Cl)cc1Cl)c1ccccc1-c1ccccn1. The minimum absolute atomic E-state index is 0.254.